The van der Waals surface area contributed by atoms with Gasteiger partial charge in [0.2, 0.25) is 0 Å². The lowest BCUT2D eigenvalue weighted by atomic mass is 9.97. The van der Waals surface area contributed by atoms with Crippen molar-refractivity contribution in [1.82, 2.24) is 4.90 Å². The smallest absolute Gasteiger partial charge is 0.0518 e. The normalized spacial score (nSPS) is 24.6. The van der Waals surface area contributed by atoms with E-state index in [1.807, 2.05) is 0 Å². The molecule has 94 valence electrons. The highest BCUT2D eigenvalue weighted by Gasteiger charge is 2.38. The summed E-state index contributed by atoms with van der Waals surface area (Å²) in [5.41, 5.74) is 7.36. The number of benzene rings is 1. The fraction of sp³-hybridized carbons (Fsp3) is 0.538. The summed E-state index contributed by atoms with van der Waals surface area (Å²) in [5.74, 6) is 0. The third kappa shape index (κ3) is 2.49. The van der Waals surface area contributed by atoms with Gasteiger partial charge in [-0.2, -0.15) is 0 Å². The number of likely N-dealkylation sites (N-methyl/N-ethyl adjacent to an activating group) is 1. The van der Waals surface area contributed by atoms with Crippen LogP contribution in [0.4, 0.5) is 5.69 Å². The zero-order valence-corrected chi connectivity index (χ0v) is 12.1. The van der Waals surface area contributed by atoms with Crippen LogP contribution in [0, 0.1) is 0 Å². The molecule has 3 nitrogen and oxygen atoms in total. The molecule has 1 unspecified atom stereocenters. The summed E-state index contributed by atoms with van der Waals surface area (Å²) in [6.07, 6.45) is 1.13. The van der Waals surface area contributed by atoms with Gasteiger partial charge < -0.3 is 15.5 Å². The van der Waals surface area contributed by atoms with Crippen molar-refractivity contribution in [3.8, 4) is 0 Å². The van der Waals surface area contributed by atoms with Crippen molar-refractivity contribution in [2.45, 2.75) is 12.0 Å². The highest BCUT2D eigenvalue weighted by molar-refractivity contribution is 9.10. The Bertz CT molecular complexity index is 394. The molecule has 1 aromatic carbocycles. The van der Waals surface area contributed by atoms with Crippen LogP contribution >= 0.6 is 15.9 Å². The fourth-order valence-corrected chi connectivity index (χ4v) is 2.85. The molecule has 0 aromatic heterocycles. The lowest BCUT2D eigenvalue weighted by molar-refractivity contribution is 0.184. The van der Waals surface area contributed by atoms with Gasteiger partial charge in [0.1, 0.15) is 0 Å². The molecule has 0 bridgehead atoms. The van der Waals surface area contributed by atoms with E-state index >= 15 is 0 Å². The largest absolute Gasteiger partial charge is 0.370 e. The summed E-state index contributed by atoms with van der Waals surface area (Å²) in [6.45, 7) is 2.79. The number of rotatable bonds is 3. The van der Waals surface area contributed by atoms with Gasteiger partial charge in [-0.15, -0.1) is 0 Å². The maximum absolute atomic E-state index is 5.96. The first-order valence-electron chi connectivity index (χ1n) is 5.95. The summed E-state index contributed by atoms with van der Waals surface area (Å²) >= 11 is 3.52. The second kappa shape index (κ2) is 4.96. The van der Waals surface area contributed by atoms with Gasteiger partial charge in [0.15, 0.2) is 0 Å². The summed E-state index contributed by atoms with van der Waals surface area (Å²) in [7, 11) is 4.24. The maximum Gasteiger partial charge on any atom is 0.0518 e. The molecule has 17 heavy (non-hydrogen) atoms. The van der Waals surface area contributed by atoms with E-state index in [1.165, 1.54) is 5.69 Å². The maximum atomic E-state index is 5.96. The van der Waals surface area contributed by atoms with Crippen molar-refractivity contribution in [3.63, 3.8) is 0 Å². The summed E-state index contributed by atoms with van der Waals surface area (Å²) in [6, 6.07) is 8.47. The SMILES string of the molecule is CN(C)C1(CN)CCN(c2cccc(Br)c2)C1. The lowest BCUT2D eigenvalue weighted by Crippen LogP contribution is -2.52. The number of halogens is 1. The number of anilines is 1. The van der Waals surface area contributed by atoms with E-state index in [1.54, 1.807) is 0 Å². The van der Waals surface area contributed by atoms with Crippen LogP contribution in [0.2, 0.25) is 0 Å². The van der Waals surface area contributed by atoms with Gasteiger partial charge in [-0.05, 0) is 38.7 Å². The Morgan fingerprint density at radius 2 is 2.24 bits per heavy atom. The highest BCUT2D eigenvalue weighted by Crippen LogP contribution is 2.30. The van der Waals surface area contributed by atoms with E-state index in [9.17, 15) is 0 Å². The Labute approximate surface area is 112 Å². The second-order valence-electron chi connectivity index (χ2n) is 4.97. The van der Waals surface area contributed by atoms with Gasteiger partial charge in [-0.1, -0.05) is 22.0 Å². The van der Waals surface area contributed by atoms with Crippen LogP contribution in [0.25, 0.3) is 0 Å². The molecular formula is C13H20BrN3. The van der Waals surface area contributed by atoms with E-state index in [0.29, 0.717) is 6.54 Å². The summed E-state index contributed by atoms with van der Waals surface area (Å²) < 4.78 is 1.13. The molecule has 0 spiro atoms. The van der Waals surface area contributed by atoms with Crippen LogP contribution in [0.5, 0.6) is 0 Å². The molecule has 1 fully saturated rings. The number of hydrogen-bond donors (Lipinski definition) is 1. The van der Waals surface area contributed by atoms with Gasteiger partial charge in [-0.25, -0.2) is 0 Å². The van der Waals surface area contributed by atoms with E-state index < -0.39 is 0 Å². The predicted octanol–water partition coefficient (Wildman–Crippen LogP) is 1.92. The average Bonchev–Trinajstić information content (AvgIpc) is 2.74. The Morgan fingerprint density at radius 3 is 2.76 bits per heavy atom. The van der Waals surface area contributed by atoms with Crippen LogP contribution in [0.15, 0.2) is 28.7 Å². The highest BCUT2D eigenvalue weighted by atomic mass is 79.9. The molecular weight excluding hydrogens is 278 g/mol. The minimum absolute atomic E-state index is 0.127. The van der Waals surface area contributed by atoms with E-state index in [-0.39, 0.29) is 5.54 Å². The first kappa shape index (κ1) is 12.9. The molecule has 2 N–H and O–H groups in total. The number of nitrogens with two attached hydrogens (primary N) is 1. The predicted molar refractivity (Wildman–Crippen MR) is 76.4 cm³/mol. The second-order valence-corrected chi connectivity index (χ2v) is 5.89. The minimum atomic E-state index is 0.127. The van der Waals surface area contributed by atoms with Gasteiger partial charge >= 0.3 is 0 Å². The van der Waals surface area contributed by atoms with Crippen molar-refractivity contribution in [1.29, 1.82) is 0 Å². The van der Waals surface area contributed by atoms with E-state index in [2.05, 4.69) is 64.1 Å². The van der Waals surface area contributed by atoms with Crippen molar-refractivity contribution >= 4 is 21.6 Å². The van der Waals surface area contributed by atoms with Crippen molar-refractivity contribution in [3.05, 3.63) is 28.7 Å². The average molecular weight is 298 g/mol. The molecule has 1 atom stereocenters. The van der Waals surface area contributed by atoms with Crippen molar-refractivity contribution < 1.29 is 0 Å². The zero-order valence-electron chi connectivity index (χ0n) is 10.5. The lowest BCUT2D eigenvalue weighted by Gasteiger charge is -2.35. The monoisotopic (exact) mass is 297 g/mol. The molecule has 1 aromatic rings. The summed E-state index contributed by atoms with van der Waals surface area (Å²) in [5, 5.41) is 0. The fourth-order valence-electron chi connectivity index (χ4n) is 2.46. The topological polar surface area (TPSA) is 32.5 Å². The quantitative estimate of drug-likeness (QED) is 0.925. The Hall–Kier alpha value is -0.580. The molecule has 0 radical (unpaired) electrons. The Morgan fingerprint density at radius 1 is 1.47 bits per heavy atom. The molecule has 0 aliphatic carbocycles. The standard InChI is InChI=1S/C13H20BrN3/c1-16(2)13(9-15)6-7-17(10-13)12-5-3-4-11(14)8-12/h3-5,8H,6-7,9-10,15H2,1-2H3. The molecule has 2 rings (SSSR count). The van der Waals surface area contributed by atoms with Crippen LogP contribution in [0.3, 0.4) is 0 Å². The van der Waals surface area contributed by atoms with Crippen LogP contribution in [0.1, 0.15) is 6.42 Å². The number of nitrogens with zero attached hydrogens (tertiary/aromatic N) is 2. The van der Waals surface area contributed by atoms with E-state index in [0.717, 1.165) is 24.0 Å². The molecule has 1 heterocycles. The number of hydrogen-bond acceptors (Lipinski definition) is 3. The molecule has 4 heteroatoms. The van der Waals surface area contributed by atoms with Gasteiger partial charge in [-0.3, -0.25) is 0 Å². The third-order valence-corrected chi connectivity index (χ3v) is 4.33. The molecule has 0 amide bonds. The van der Waals surface area contributed by atoms with Crippen molar-refractivity contribution in [2.75, 3.05) is 38.6 Å². The third-order valence-electron chi connectivity index (χ3n) is 3.83. The van der Waals surface area contributed by atoms with Crippen LogP contribution in [-0.2, 0) is 0 Å². The minimum Gasteiger partial charge on any atom is -0.370 e. The Balaban J connectivity index is 2.17. The Kier molecular flexibility index (Phi) is 3.76. The van der Waals surface area contributed by atoms with Crippen LogP contribution in [-0.4, -0.2) is 44.2 Å². The van der Waals surface area contributed by atoms with Crippen molar-refractivity contribution in [2.24, 2.45) is 5.73 Å². The molecule has 1 aliphatic heterocycles. The van der Waals surface area contributed by atoms with Crippen LogP contribution < -0.4 is 10.6 Å². The van der Waals surface area contributed by atoms with Gasteiger partial charge in [0, 0.05) is 29.8 Å². The first-order valence-corrected chi connectivity index (χ1v) is 6.75. The van der Waals surface area contributed by atoms with Gasteiger partial charge in [0.05, 0.1) is 5.54 Å². The zero-order chi connectivity index (χ0) is 12.5. The first-order chi connectivity index (χ1) is 8.07. The molecule has 1 saturated heterocycles. The van der Waals surface area contributed by atoms with Gasteiger partial charge in [0.25, 0.3) is 0 Å². The molecule has 0 saturated carbocycles. The molecule has 1 aliphatic rings. The summed E-state index contributed by atoms with van der Waals surface area (Å²) in [4.78, 5) is 4.68. The van der Waals surface area contributed by atoms with E-state index in [4.69, 9.17) is 5.73 Å².